The van der Waals surface area contributed by atoms with Gasteiger partial charge in [0.25, 0.3) is 5.56 Å². The summed E-state index contributed by atoms with van der Waals surface area (Å²) in [6.45, 7) is 6.15. The molecule has 2 aliphatic heterocycles. The molecule has 0 unspecified atom stereocenters. The molecule has 0 aliphatic carbocycles. The molecular weight excluding hydrogens is 794 g/mol. The third kappa shape index (κ3) is 5.77. The summed E-state index contributed by atoms with van der Waals surface area (Å²) >= 11 is 5.73. The van der Waals surface area contributed by atoms with Crippen LogP contribution in [0, 0.1) is 7.14 Å². The molecule has 0 bridgehead atoms. The van der Waals surface area contributed by atoms with Gasteiger partial charge in [-0.2, -0.15) is 0 Å². The first-order chi connectivity index (χ1) is 20.9. The van der Waals surface area contributed by atoms with E-state index in [1.807, 2.05) is 60.7 Å². The lowest BCUT2D eigenvalue weighted by Crippen LogP contribution is -2.40. The Morgan fingerprint density at radius 3 is 2.58 bits per heavy atom. The number of thiazole rings is 1. The molecule has 2 aliphatic rings. The highest BCUT2D eigenvalue weighted by Crippen LogP contribution is 2.40. The maximum atomic E-state index is 14.2. The number of benzene rings is 3. The molecule has 11 heteroatoms. The highest BCUT2D eigenvalue weighted by molar-refractivity contribution is 14.1. The summed E-state index contributed by atoms with van der Waals surface area (Å²) in [6, 6.07) is 18.0. The third-order valence-electron chi connectivity index (χ3n) is 6.75. The van der Waals surface area contributed by atoms with Gasteiger partial charge in [0.15, 0.2) is 16.3 Å². The Labute approximate surface area is 278 Å². The van der Waals surface area contributed by atoms with Gasteiger partial charge < -0.3 is 18.9 Å². The second kappa shape index (κ2) is 12.7. The van der Waals surface area contributed by atoms with Crippen molar-refractivity contribution < 1.29 is 23.7 Å². The molecule has 0 radical (unpaired) electrons. The summed E-state index contributed by atoms with van der Waals surface area (Å²) in [6.07, 6.45) is 3.55. The molecule has 0 fully saturated rings. The summed E-state index contributed by atoms with van der Waals surface area (Å²) in [7, 11) is 0. The van der Waals surface area contributed by atoms with Crippen molar-refractivity contribution in [1.82, 2.24) is 4.57 Å². The summed E-state index contributed by atoms with van der Waals surface area (Å²) in [5.41, 5.74) is 2.74. The maximum absolute atomic E-state index is 14.2. The van der Waals surface area contributed by atoms with Gasteiger partial charge in [0.05, 0.1) is 35.6 Å². The van der Waals surface area contributed by atoms with Gasteiger partial charge in [0.2, 0.25) is 6.79 Å². The van der Waals surface area contributed by atoms with E-state index in [4.69, 9.17) is 23.9 Å². The number of ether oxygens (including phenoxy) is 4. The zero-order chi connectivity index (χ0) is 30.1. The molecule has 1 aromatic heterocycles. The van der Waals surface area contributed by atoms with Gasteiger partial charge in [0.1, 0.15) is 12.4 Å². The van der Waals surface area contributed by atoms with Crippen molar-refractivity contribution in [3.63, 3.8) is 0 Å². The lowest BCUT2D eigenvalue weighted by atomic mass is 9.93. The second-order valence-corrected chi connectivity index (χ2v) is 12.8. The summed E-state index contributed by atoms with van der Waals surface area (Å²) in [4.78, 5) is 33.2. The van der Waals surface area contributed by atoms with Gasteiger partial charge in [-0.15, -0.1) is 0 Å². The fraction of sp³-hybridized carbons (Fsp3) is 0.156. The average Bonchev–Trinajstić information content (AvgIpc) is 3.60. The van der Waals surface area contributed by atoms with Crippen molar-refractivity contribution >= 4 is 74.3 Å². The molecule has 8 nitrogen and oxygen atoms in total. The molecule has 3 aromatic carbocycles. The van der Waals surface area contributed by atoms with Gasteiger partial charge in [-0.1, -0.05) is 60.4 Å². The molecule has 3 heterocycles. The molecule has 43 heavy (non-hydrogen) atoms. The van der Waals surface area contributed by atoms with E-state index in [1.54, 1.807) is 23.6 Å². The van der Waals surface area contributed by atoms with E-state index in [0.717, 1.165) is 24.0 Å². The van der Waals surface area contributed by atoms with Gasteiger partial charge >= 0.3 is 5.97 Å². The van der Waals surface area contributed by atoms with E-state index in [9.17, 15) is 9.59 Å². The molecule has 1 atom stereocenters. The fourth-order valence-corrected chi connectivity index (χ4v) is 8.06. The zero-order valence-corrected chi connectivity index (χ0v) is 28.0. The Morgan fingerprint density at radius 2 is 1.86 bits per heavy atom. The number of nitrogens with zero attached hydrogens (tertiary/aromatic N) is 2. The molecule has 0 saturated carbocycles. The minimum atomic E-state index is -0.808. The SMILES string of the molecule is C=CCOc1c(I)cc(/C=c2/sc3n(c2=O)[C@@H](c2ccc4c(c2)OCO4)C(C(=O)OCC)=C(c2ccccc2)N=3)cc1I. The molecule has 4 aromatic rings. The molecule has 0 spiro atoms. The highest BCUT2D eigenvalue weighted by Gasteiger charge is 2.36. The first kappa shape index (κ1) is 29.6. The number of carbonyl (C=O) groups is 1. The number of fused-ring (bicyclic) bond motifs is 2. The van der Waals surface area contributed by atoms with Gasteiger partial charge in [-0.3, -0.25) is 9.36 Å². The van der Waals surface area contributed by atoms with Gasteiger partial charge in [-0.05, 0) is 93.6 Å². The number of hydrogen-bond acceptors (Lipinski definition) is 8. The summed E-state index contributed by atoms with van der Waals surface area (Å²) < 4.78 is 26.4. The van der Waals surface area contributed by atoms with Crippen LogP contribution in [0.4, 0.5) is 0 Å². The van der Waals surface area contributed by atoms with Crippen molar-refractivity contribution in [3.8, 4) is 17.2 Å². The van der Waals surface area contributed by atoms with E-state index in [2.05, 4.69) is 51.8 Å². The predicted molar refractivity (Wildman–Crippen MR) is 181 cm³/mol. The van der Waals surface area contributed by atoms with Crippen LogP contribution in [0.5, 0.6) is 17.2 Å². The zero-order valence-electron chi connectivity index (χ0n) is 22.8. The van der Waals surface area contributed by atoms with Crippen molar-refractivity contribution in [2.45, 2.75) is 13.0 Å². The predicted octanol–water partition coefficient (Wildman–Crippen LogP) is 5.44. The summed E-state index contributed by atoms with van der Waals surface area (Å²) in [5, 5.41) is 0. The van der Waals surface area contributed by atoms with Crippen LogP contribution in [0.2, 0.25) is 0 Å². The Morgan fingerprint density at radius 1 is 1.12 bits per heavy atom. The topological polar surface area (TPSA) is 88.3 Å². The molecular formula is C32H24I2N2O6S. The van der Waals surface area contributed by atoms with Crippen LogP contribution in [0.1, 0.15) is 29.7 Å². The van der Waals surface area contributed by atoms with Gasteiger partial charge in [0, 0.05) is 5.56 Å². The van der Waals surface area contributed by atoms with Crippen molar-refractivity contribution in [2.24, 2.45) is 4.99 Å². The molecule has 6 rings (SSSR count). The van der Waals surface area contributed by atoms with E-state index in [0.29, 0.717) is 38.7 Å². The minimum Gasteiger partial charge on any atom is -0.487 e. The Balaban J connectivity index is 1.59. The number of aromatic nitrogens is 1. The van der Waals surface area contributed by atoms with Gasteiger partial charge in [-0.25, -0.2) is 9.79 Å². The second-order valence-electron chi connectivity index (χ2n) is 9.46. The van der Waals surface area contributed by atoms with Crippen LogP contribution in [0.15, 0.2) is 88.7 Å². The third-order valence-corrected chi connectivity index (χ3v) is 9.34. The molecule has 0 amide bonds. The Bertz CT molecular complexity index is 1940. The minimum absolute atomic E-state index is 0.104. The normalized spacial score (nSPS) is 15.6. The van der Waals surface area contributed by atoms with Crippen LogP contribution in [-0.4, -0.2) is 30.5 Å². The number of carbonyl (C=O) groups excluding carboxylic acids is 1. The summed E-state index contributed by atoms with van der Waals surface area (Å²) in [5.74, 6) is 1.38. The first-order valence-electron chi connectivity index (χ1n) is 13.3. The van der Waals surface area contributed by atoms with Crippen molar-refractivity contribution in [1.29, 1.82) is 0 Å². The van der Waals surface area contributed by atoms with Crippen molar-refractivity contribution in [2.75, 3.05) is 20.0 Å². The largest absolute Gasteiger partial charge is 0.487 e. The van der Waals surface area contributed by atoms with E-state index in [-0.39, 0.29) is 24.5 Å². The van der Waals surface area contributed by atoms with E-state index < -0.39 is 12.0 Å². The monoisotopic (exact) mass is 818 g/mol. The fourth-order valence-electron chi connectivity index (χ4n) is 4.93. The highest BCUT2D eigenvalue weighted by atomic mass is 127. The first-order valence-corrected chi connectivity index (χ1v) is 16.3. The Kier molecular flexibility index (Phi) is 8.73. The van der Waals surface area contributed by atoms with Crippen LogP contribution in [-0.2, 0) is 9.53 Å². The smallest absolute Gasteiger partial charge is 0.338 e. The lowest BCUT2D eigenvalue weighted by Gasteiger charge is -2.26. The van der Waals surface area contributed by atoms with Crippen LogP contribution >= 0.6 is 56.5 Å². The number of hydrogen-bond donors (Lipinski definition) is 0. The molecule has 0 saturated heterocycles. The van der Waals surface area contributed by atoms with E-state index in [1.165, 1.54) is 11.3 Å². The van der Waals surface area contributed by atoms with Crippen molar-refractivity contribution in [3.05, 3.63) is 122 Å². The molecule has 218 valence electrons. The van der Waals surface area contributed by atoms with Crippen LogP contribution < -0.4 is 29.1 Å². The number of halogens is 2. The number of esters is 1. The number of rotatable bonds is 8. The maximum Gasteiger partial charge on any atom is 0.338 e. The van der Waals surface area contributed by atoms with E-state index >= 15 is 0 Å². The Hall–Kier alpha value is -3.43. The lowest BCUT2D eigenvalue weighted by molar-refractivity contribution is -0.138. The average molecular weight is 818 g/mol. The van der Waals surface area contributed by atoms with Crippen LogP contribution in [0.25, 0.3) is 11.8 Å². The van der Waals surface area contributed by atoms with Crippen LogP contribution in [0.3, 0.4) is 0 Å². The quantitative estimate of drug-likeness (QED) is 0.134. The molecule has 0 N–H and O–H groups in total. The standard InChI is InChI=1S/C32H24I2N2O6S/c1-3-12-40-29-21(33)13-18(14-22(29)34)15-25-30(37)36-28(20-10-11-23-24(16-20)42-17-41-23)26(31(38)39-4-2)27(35-32(36)43-25)19-8-6-5-7-9-19/h3,5-11,13-16,28H,1,4,12,17H2,2H3/b25-15+/t28-/m0/s1.